The molecule has 3 heterocycles. The number of esters is 2. The molecular formula is C54H85N3O19P2. The number of aliphatic hydroxyl groups is 5. The second-order valence-electron chi connectivity index (χ2n) is 19.3. The van der Waals surface area contributed by atoms with E-state index >= 15 is 0 Å². The summed E-state index contributed by atoms with van der Waals surface area (Å²) in [7, 11) is -11.4. The lowest BCUT2D eigenvalue weighted by molar-refractivity contribution is -0.196. The molecule has 78 heavy (non-hydrogen) atoms. The first-order valence-corrected chi connectivity index (χ1v) is 30.1. The first-order chi connectivity index (χ1) is 37.3. The summed E-state index contributed by atoms with van der Waals surface area (Å²) in [6.07, 6.45) is 19.1. The van der Waals surface area contributed by atoms with Crippen LogP contribution in [-0.4, -0.2) is 125 Å². The van der Waals surface area contributed by atoms with Crippen molar-refractivity contribution in [3.05, 3.63) is 95.7 Å². The molecule has 2 saturated heterocycles. The molecule has 0 aromatic carbocycles. The van der Waals surface area contributed by atoms with Crippen LogP contribution in [0.2, 0.25) is 0 Å². The first kappa shape index (κ1) is 68.0. The number of unbranched alkanes of at least 4 members (excludes halogenated alkanes) is 5. The van der Waals surface area contributed by atoms with E-state index in [0.29, 0.717) is 25.7 Å². The van der Waals surface area contributed by atoms with E-state index in [-0.39, 0.29) is 37.9 Å². The number of nitrogens with two attached hydrogens (primary N) is 1. The molecule has 0 amide bonds. The van der Waals surface area contributed by atoms with Crippen molar-refractivity contribution in [2.45, 2.75) is 191 Å². The maximum atomic E-state index is 13.7. The van der Waals surface area contributed by atoms with Crippen LogP contribution < -0.4 is 11.4 Å². The van der Waals surface area contributed by atoms with Crippen molar-refractivity contribution in [3.8, 4) is 0 Å². The largest absolute Gasteiger partial charge is 0.481 e. The number of allylic oxidation sites excluding steroid dienone is 10. The van der Waals surface area contributed by atoms with E-state index in [0.717, 1.165) is 68.6 Å². The Morgan fingerprint density at radius 2 is 1.44 bits per heavy atom. The number of cyclic esters (lactones) is 1. The standard InChI is InChI=1S/C54H85N3O19P2/c1-3-5-7-8-9-10-11-12-13-14-15-16-17-18-19-20-21-22-24-30-50(63)74-42-37-71-49(62)29-26-25-28-41(59)35-44-46(61)36-45(60)43(32-31-40(58)27-23-6-4-2)51(64)52(65)47(39-73-78(69,70)76-77(67,68)72-38-42)75-53(44)57-34-33-48(55)56-54(57)66/h5,7,9-10,12-13,15-16,18-19,31-34,40,42-47,51-53,58,60-61,64-65H,3-4,6,8,11,14,17,20-30,35-39H2,1-2H3,(H,67,68)(H,69,70)(H2,55,56,66)/b7-5-,10-9-,13-12-,16-15-,19-18-,32-31+/t40-,42+,43-,44-,45+,46-,47+,51-,52+,53+/m0/s1. The number of phosphoric acid groups is 2. The van der Waals surface area contributed by atoms with Crippen LogP contribution >= 0.6 is 15.6 Å². The second-order valence-corrected chi connectivity index (χ2v) is 22.4. The lowest BCUT2D eigenvalue weighted by Gasteiger charge is -2.40. The third-order valence-electron chi connectivity index (χ3n) is 12.7. The third kappa shape index (κ3) is 27.8. The number of carbonyl (C=O) groups excluding carboxylic acids is 3. The molecule has 2 aliphatic rings. The van der Waals surface area contributed by atoms with Crippen LogP contribution in [0.4, 0.5) is 5.82 Å². The molecule has 0 spiro atoms. The number of ether oxygens (including phenoxy) is 3. The summed E-state index contributed by atoms with van der Waals surface area (Å²) in [6.45, 7) is 1.15. The highest BCUT2D eigenvalue weighted by molar-refractivity contribution is 7.61. The Labute approximate surface area is 458 Å². The molecule has 0 radical (unpaired) electrons. The third-order valence-corrected chi connectivity index (χ3v) is 15.3. The van der Waals surface area contributed by atoms with Crippen LogP contribution in [0.1, 0.15) is 148 Å². The van der Waals surface area contributed by atoms with Crippen LogP contribution in [0.25, 0.3) is 0 Å². The summed E-state index contributed by atoms with van der Waals surface area (Å²) in [4.78, 5) is 78.1. The Kier molecular flexibility index (Phi) is 32.8. The van der Waals surface area contributed by atoms with Gasteiger partial charge in [-0.2, -0.15) is 9.29 Å². The second kappa shape index (κ2) is 37.6. The molecule has 2 aliphatic heterocycles. The van der Waals surface area contributed by atoms with Crippen LogP contribution in [0.3, 0.4) is 0 Å². The Balaban J connectivity index is 1.77. The number of nitrogen functional groups attached to an aromatic ring is 1. The number of ketones is 1. The van der Waals surface area contributed by atoms with Gasteiger partial charge in [-0.3, -0.25) is 28.0 Å². The van der Waals surface area contributed by atoms with Gasteiger partial charge in [-0.05, 0) is 76.7 Å². The highest BCUT2D eigenvalue weighted by Gasteiger charge is 2.45. The number of fused-ring (bicyclic) bond motifs is 3. The fraction of sp³-hybridized carbons (Fsp3) is 0.648. The smallest absolute Gasteiger partial charge is 0.462 e. The lowest BCUT2D eigenvalue weighted by Crippen LogP contribution is -2.52. The molecule has 1 aromatic rings. The van der Waals surface area contributed by atoms with E-state index in [1.54, 1.807) is 0 Å². The van der Waals surface area contributed by atoms with Gasteiger partial charge in [-0.1, -0.05) is 112 Å². The summed E-state index contributed by atoms with van der Waals surface area (Å²) in [5, 5.41) is 57.5. The van der Waals surface area contributed by atoms with Gasteiger partial charge >= 0.3 is 33.3 Å². The number of phosphoric ester groups is 2. The normalized spacial score (nSPS) is 29.7. The van der Waals surface area contributed by atoms with Crippen LogP contribution in [0.5, 0.6) is 0 Å². The molecule has 24 heteroatoms. The van der Waals surface area contributed by atoms with Gasteiger partial charge < -0.3 is 55.3 Å². The van der Waals surface area contributed by atoms with E-state index < -0.39 is 133 Å². The van der Waals surface area contributed by atoms with Crippen molar-refractivity contribution in [2.75, 3.05) is 25.6 Å². The molecular weight excluding hydrogens is 1060 g/mol. The SMILES string of the molecule is CC/C=C\C/C=C\C/C=C\C/C=C\C/C=C\CCCCCC(=O)O[C@@H]1COC(=O)CCCCC(=O)C[C@@H]2[C@H](n3ccc(N)nc3=O)O[C@H](COP(=O)(O)OP(=O)(O)OC1)[C@@H](O)[C@@H](O)[C@@H](/C=C/[C@@H](O)CCCCC)[C@H](O)C[C@@H]2O. The minimum atomic E-state index is -5.77. The topological polar surface area (TPSA) is 343 Å². The highest BCUT2D eigenvalue weighted by Crippen LogP contribution is 2.60. The maximum absolute atomic E-state index is 13.7. The summed E-state index contributed by atoms with van der Waals surface area (Å²) in [5.41, 5.74) is 4.67. The van der Waals surface area contributed by atoms with Crippen LogP contribution in [0, 0.1) is 11.8 Å². The van der Waals surface area contributed by atoms with Crippen LogP contribution in [0.15, 0.2) is 90.0 Å². The van der Waals surface area contributed by atoms with Crippen molar-refractivity contribution < 1.29 is 86.4 Å². The average molecular weight is 1140 g/mol. The Bertz CT molecular complexity index is 2290. The van der Waals surface area contributed by atoms with Crippen molar-refractivity contribution in [1.82, 2.24) is 9.55 Å². The number of nitrogens with zero attached hydrogens (tertiary/aromatic N) is 2. The zero-order valence-electron chi connectivity index (χ0n) is 45.0. The van der Waals surface area contributed by atoms with Crippen molar-refractivity contribution >= 4 is 39.2 Å². The van der Waals surface area contributed by atoms with Gasteiger partial charge in [-0.25, -0.2) is 13.9 Å². The van der Waals surface area contributed by atoms with Gasteiger partial charge in [0.2, 0.25) is 0 Å². The van der Waals surface area contributed by atoms with Crippen molar-refractivity contribution in [1.29, 1.82) is 0 Å². The van der Waals surface area contributed by atoms with E-state index in [2.05, 4.69) is 77.0 Å². The fourth-order valence-electron chi connectivity index (χ4n) is 8.44. The number of aliphatic hydroxyl groups excluding tert-OH is 5. The summed E-state index contributed by atoms with van der Waals surface area (Å²) >= 11 is 0. The molecule has 2 unspecified atom stereocenters. The number of hydrogen-bond donors (Lipinski definition) is 8. The monoisotopic (exact) mass is 1140 g/mol. The summed E-state index contributed by atoms with van der Waals surface area (Å²) in [5.74, 6) is -5.25. The fourth-order valence-corrected chi connectivity index (χ4v) is 10.6. The molecule has 12 atom stereocenters. The Morgan fingerprint density at radius 1 is 0.808 bits per heavy atom. The Hall–Kier alpha value is -4.25. The van der Waals surface area contributed by atoms with Crippen molar-refractivity contribution in [2.24, 2.45) is 11.8 Å². The average Bonchev–Trinajstić information content (AvgIpc) is 3.37. The molecule has 22 nitrogen and oxygen atoms in total. The summed E-state index contributed by atoms with van der Waals surface area (Å²) < 4.78 is 58.8. The molecule has 0 aliphatic carbocycles. The van der Waals surface area contributed by atoms with Gasteiger partial charge in [0.05, 0.1) is 37.6 Å². The molecule has 2 bridgehead atoms. The molecule has 1 aromatic heterocycles. The number of anilines is 1. The zero-order valence-corrected chi connectivity index (χ0v) is 46.8. The van der Waals surface area contributed by atoms with Gasteiger partial charge in [0.15, 0.2) is 6.10 Å². The Morgan fingerprint density at radius 3 is 2.08 bits per heavy atom. The number of aromatic nitrogens is 2. The lowest BCUT2D eigenvalue weighted by atomic mass is 9.82. The zero-order chi connectivity index (χ0) is 57.4. The van der Waals surface area contributed by atoms with Crippen molar-refractivity contribution in [3.63, 3.8) is 0 Å². The predicted octanol–water partition coefficient (Wildman–Crippen LogP) is 7.23. The molecule has 9 N–H and O–H groups in total. The summed E-state index contributed by atoms with van der Waals surface area (Å²) in [6, 6.07) is 1.18. The first-order valence-electron chi connectivity index (χ1n) is 27.1. The minimum absolute atomic E-state index is 0.0693. The molecule has 0 saturated carbocycles. The van der Waals surface area contributed by atoms with Gasteiger partial charge in [0.1, 0.15) is 36.6 Å². The number of carbonyl (C=O) groups is 3. The van der Waals surface area contributed by atoms with E-state index in [1.807, 2.05) is 6.92 Å². The van der Waals surface area contributed by atoms with Gasteiger partial charge in [0.25, 0.3) is 0 Å². The number of Topliss-reactive ketones (excluding diaryl/α,β-unsaturated/α-hetero) is 1. The maximum Gasteiger partial charge on any atom is 0.481 e. The molecule has 3 rings (SSSR count). The number of hydrogen-bond acceptors (Lipinski definition) is 19. The van der Waals surface area contributed by atoms with E-state index in [4.69, 9.17) is 29.0 Å². The predicted molar refractivity (Wildman–Crippen MR) is 291 cm³/mol. The van der Waals surface area contributed by atoms with Gasteiger partial charge in [-0.15, -0.1) is 0 Å². The minimum Gasteiger partial charge on any atom is -0.462 e. The highest BCUT2D eigenvalue weighted by atomic mass is 31.3. The van der Waals surface area contributed by atoms with Gasteiger partial charge in [0, 0.05) is 50.1 Å². The van der Waals surface area contributed by atoms with Crippen LogP contribution in [-0.2, 0) is 51.1 Å². The quantitative estimate of drug-likeness (QED) is 0.0232. The molecule has 440 valence electrons. The van der Waals surface area contributed by atoms with E-state index in [9.17, 15) is 63.6 Å². The van der Waals surface area contributed by atoms with E-state index in [1.165, 1.54) is 18.2 Å². The number of rotatable bonds is 23. The molecule has 2 fully saturated rings.